The van der Waals surface area contributed by atoms with Crippen molar-refractivity contribution in [1.29, 1.82) is 0 Å². The van der Waals surface area contributed by atoms with Crippen LogP contribution in [-0.2, 0) is 6.54 Å². The third-order valence-corrected chi connectivity index (χ3v) is 4.88. The Bertz CT molecular complexity index is 593. The van der Waals surface area contributed by atoms with E-state index >= 15 is 0 Å². The molecule has 0 aliphatic carbocycles. The standard InChI is InChI=1S/C17H22N4/c1-2-5-16(14(4-1)13-21-9-3-8-18-21)19-17-7-11-20-10-6-15(17)12-20/h1-5,8-9,15,17,19H,6-7,10-13H2. The second-order valence-corrected chi connectivity index (χ2v) is 6.25. The summed E-state index contributed by atoms with van der Waals surface area (Å²) in [7, 11) is 0. The van der Waals surface area contributed by atoms with Gasteiger partial charge >= 0.3 is 0 Å². The quantitative estimate of drug-likeness (QED) is 0.935. The van der Waals surface area contributed by atoms with E-state index in [-0.39, 0.29) is 0 Å². The predicted octanol–water partition coefficient (Wildman–Crippen LogP) is 2.44. The lowest BCUT2D eigenvalue weighted by Gasteiger charge is -2.32. The van der Waals surface area contributed by atoms with Gasteiger partial charge in [0, 0.05) is 37.2 Å². The Kier molecular flexibility index (Phi) is 3.39. The Labute approximate surface area is 125 Å². The van der Waals surface area contributed by atoms with Gasteiger partial charge in [0.15, 0.2) is 0 Å². The van der Waals surface area contributed by atoms with Crippen molar-refractivity contribution in [3.05, 3.63) is 48.3 Å². The van der Waals surface area contributed by atoms with Crippen LogP contribution in [0.15, 0.2) is 42.7 Å². The molecule has 2 saturated heterocycles. The number of anilines is 1. The average molecular weight is 282 g/mol. The molecule has 2 aromatic rings. The predicted molar refractivity (Wildman–Crippen MR) is 84.3 cm³/mol. The lowest BCUT2D eigenvalue weighted by atomic mass is 9.93. The summed E-state index contributed by atoms with van der Waals surface area (Å²) in [4.78, 5) is 2.60. The molecule has 4 heteroatoms. The Morgan fingerprint density at radius 1 is 1.14 bits per heavy atom. The number of fused-ring (bicyclic) bond motifs is 2. The summed E-state index contributed by atoms with van der Waals surface area (Å²) in [5, 5.41) is 8.14. The molecule has 2 bridgehead atoms. The van der Waals surface area contributed by atoms with Crippen LogP contribution in [0, 0.1) is 5.92 Å². The molecule has 4 rings (SSSR count). The fourth-order valence-electron chi connectivity index (χ4n) is 3.71. The van der Waals surface area contributed by atoms with Gasteiger partial charge < -0.3 is 10.2 Å². The van der Waals surface area contributed by atoms with Crippen molar-refractivity contribution in [2.75, 3.05) is 25.0 Å². The Morgan fingerprint density at radius 3 is 2.95 bits per heavy atom. The van der Waals surface area contributed by atoms with E-state index in [1.807, 2.05) is 23.1 Å². The summed E-state index contributed by atoms with van der Waals surface area (Å²) in [5.74, 6) is 0.816. The summed E-state index contributed by atoms with van der Waals surface area (Å²) in [5.41, 5.74) is 2.60. The molecule has 110 valence electrons. The van der Waals surface area contributed by atoms with Crippen LogP contribution in [0.4, 0.5) is 5.69 Å². The minimum atomic E-state index is 0.627. The second-order valence-electron chi connectivity index (χ2n) is 6.25. The molecule has 1 aromatic carbocycles. The normalized spacial score (nSPS) is 27.7. The van der Waals surface area contributed by atoms with Crippen molar-refractivity contribution >= 4 is 5.69 Å². The Balaban J connectivity index is 1.52. The van der Waals surface area contributed by atoms with Crippen LogP contribution in [0.3, 0.4) is 0 Å². The third-order valence-electron chi connectivity index (χ3n) is 4.88. The van der Waals surface area contributed by atoms with Gasteiger partial charge in [-0.25, -0.2) is 0 Å². The van der Waals surface area contributed by atoms with Crippen molar-refractivity contribution in [1.82, 2.24) is 14.7 Å². The smallest absolute Gasteiger partial charge is 0.0679 e. The van der Waals surface area contributed by atoms with Crippen LogP contribution in [-0.4, -0.2) is 40.4 Å². The van der Waals surface area contributed by atoms with Crippen molar-refractivity contribution in [3.8, 4) is 0 Å². The van der Waals surface area contributed by atoms with Crippen LogP contribution < -0.4 is 5.32 Å². The fraction of sp³-hybridized carbons (Fsp3) is 0.471. The van der Waals surface area contributed by atoms with Gasteiger partial charge in [-0.2, -0.15) is 5.10 Å². The molecule has 0 saturated carbocycles. The topological polar surface area (TPSA) is 33.1 Å². The highest BCUT2D eigenvalue weighted by Crippen LogP contribution is 2.30. The van der Waals surface area contributed by atoms with Crippen LogP contribution in [0.5, 0.6) is 0 Å². The zero-order valence-corrected chi connectivity index (χ0v) is 12.3. The molecule has 2 fully saturated rings. The van der Waals surface area contributed by atoms with E-state index < -0.39 is 0 Å². The van der Waals surface area contributed by atoms with Crippen molar-refractivity contribution in [2.24, 2.45) is 5.92 Å². The van der Waals surface area contributed by atoms with Crippen LogP contribution in [0.25, 0.3) is 0 Å². The summed E-state index contributed by atoms with van der Waals surface area (Å²) in [6, 6.07) is 11.3. The molecule has 0 amide bonds. The van der Waals surface area contributed by atoms with Crippen molar-refractivity contribution in [2.45, 2.75) is 25.4 Å². The van der Waals surface area contributed by atoms with E-state index in [4.69, 9.17) is 0 Å². The van der Waals surface area contributed by atoms with Crippen molar-refractivity contribution in [3.63, 3.8) is 0 Å². The number of aromatic nitrogens is 2. The fourth-order valence-corrected chi connectivity index (χ4v) is 3.71. The highest BCUT2D eigenvalue weighted by Gasteiger charge is 2.34. The third kappa shape index (κ3) is 2.68. The molecule has 2 aliphatic heterocycles. The van der Waals surface area contributed by atoms with Gasteiger partial charge in [-0.15, -0.1) is 0 Å². The maximum Gasteiger partial charge on any atom is 0.0679 e. The number of hydrogen-bond acceptors (Lipinski definition) is 3. The molecule has 3 unspecified atom stereocenters. The van der Waals surface area contributed by atoms with Gasteiger partial charge in [0.1, 0.15) is 0 Å². The Morgan fingerprint density at radius 2 is 2.05 bits per heavy atom. The summed E-state index contributed by atoms with van der Waals surface area (Å²) < 4.78 is 1.98. The molecule has 3 atom stereocenters. The molecule has 21 heavy (non-hydrogen) atoms. The number of benzene rings is 1. The van der Waals surface area contributed by atoms with Crippen LogP contribution >= 0.6 is 0 Å². The van der Waals surface area contributed by atoms with Crippen molar-refractivity contribution < 1.29 is 0 Å². The second kappa shape index (κ2) is 5.53. The van der Waals surface area contributed by atoms with Gasteiger partial charge in [0.05, 0.1) is 6.54 Å². The number of piperidine rings is 1. The molecule has 3 heterocycles. The molecule has 2 aliphatic rings. The van der Waals surface area contributed by atoms with E-state index in [9.17, 15) is 0 Å². The monoisotopic (exact) mass is 282 g/mol. The van der Waals surface area contributed by atoms with Crippen LogP contribution in [0.1, 0.15) is 18.4 Å². The lowest BCUT2D eigenvalue weighted by molar-refractivity contribution is 0.255. The lowest BCUT2D eigenvalue weighted by Crippen LogP contribution is -2.39. The molecule has 0 spiro atoms. The Hall–Kier alpha value is -1.81. The molecule has 0 radical (unpaired) electrons. The number of rotatable bonds is 4. The molecule has 1 aromatic heterocycles. The van der Waals surface area contributed by atoms with E-state index in [2.05, 4.69) is 39.6 Å². The SMILES string of the molecule is c1ccc(NC2CCN3CCC2C3)c(Cn2cccn2)c1. The molecule has 4 nitrogen and oxygen atoms in total. The maximum atomic E-state index is 4.32. The van der Waals surface area contributed by atoms with E-state index in [0.717, 1.165) is 12.5 Å². The highest BCUT2D eigenvalue weighted by molar-refractivity contribution is 5.52. The largest absolute Gasteiger partial charge is 0.382 e. The van der Waals surface area contributed by atoms with E-state index in [1.54, 1.807) is 0 Å². The molecular weight excluding hydrogens is 260 g/mol. The summed E-state index contributed by atoms with van der Waals surface area (Å²) in [6.07, 6.45) is 6.47. The van der Waals surface area contributed by atoms with Crippen LogP contribution in [0.2, 0.25) is 0 Å². The zero-order chi connectivity index (χ0) is 14.1. The summed E-state index contributed by atoms with van der Waals surface area (Å²) >= 11 is 0. The minimum Gasteiger partial charge on any atom is -0.382 e. The molecule has 1 N–H and O–H groups in total. The first-order valence-corrected chi connectivity index (χ1v) is 7.93. The minimum absolute atomic E-state index is 0.627. The molecular formula is C17H22N4. The number of para-hydroxylation sites is 1. The first kappa shape index (κ1) is 12.9. The van der Waals surface area contributed by atoms with E-state index in [1.165, 1.54) is 43.7 Å². The van der Waals surface area contributed by atoms with Gasteiger partial charge in [0.2, 0.25) is 0 Å². The van der Waals surface area contributed by atoms with Gasteiger partial charge in [-0.05, 0) is 43.0 Å². The number of nitrogens with one attached hydrogen (secondary N) is 1. The number of hydrogen-bond donors (Lipinski definition) is 1. The summed E-state index contributed by atoms with van der Waals surface area (Å²) in [6.45, 7) is 4.64. The zero-order valence-electron chi connectivity index (χ0n) is 12.3. The number of nitrogens with zero attached hydrogens (tertiary/aromatic N) is 3. The van der Waals surface area contributed by atoms with Gasteiger partial charge in [-0.3, -0.25) is 4.68 Å². The first-order chi connectivity index (χ1) is 10.4. The maximum absolute atomic E-state index is 4.32. The first-order valence-electron chi connectivity index (χ1n) is 7.93. The highest BCUT2D eigenvalue weighted by atomic mass is 15.3. The van der Waals surface area contributed by atoms with Gasteiger partial charge in [0.25, 0.3) is 0 Å². The van der Waals surface area contributed by atoms with Gasteiger partial charge in [-0.1, -0.05) is 18.2 Å². The average Bonchev–Trinajstić information content (AvgIpc) is 3.14. The van der Waals surface area contributed by atoms with E-state index in [0.29, 0.717) is 6.04 Å².